The summed E-state index contributed by atoms with van der Waals surface area (Å²) in [5.41, 5.74) is 2.58. The molecule has 0 aromatic heterocycles. The predicted molar refractivity (Wildman–Crippen MR) is 58.8 cm³/mol. The summed E-state index contributed by atoms with van der Waals surface area (Å²) in [5.74, 6) is 0.741. The van der Waals surface area contributed by atoms with Crippen molar-refractivity contribution in [2.75, 3.05) is 0 Å². The molecule has 0 saturated carbocycles. The minimum Gasteiger partial charge on any atom is -0.199 e. The van der Waals surface area contributed by atoms with Crippen molar-refractivity contribution >= 4 is 0 Å². The van der Waals surface area contributed by atoms with Gasteiger partial charge in [0.05, 0.1) is 0 Å². The SMILES string of the molecule is [CH2-]c1ccc(C(CC)CCC)cc1.[Y]. The molecule has 0 amide bonds. The van der Waals surface area contributed by atoms with Crippen molar-refractivity contribution in [3.63, 3.8) is 0 Å². The molecule has 0 N–H and O–H groups in total. The van der Waals surface area contributed by atoms with Crippen molar-refractivity contribution in [3.05, 3.63) is 42.3 Å². The van der Waals surface area contributed by atoms with E-state index in [-0.39, 0.29) is 32.7 Å². The fourth-order valence-corrected chi connectivity index (χ4v) is 1.74. The Morgan fingerprint density at radius 3 is 2.14 bits per heavy atom. The van der Waals surface area contributed by atoms with Gasteiger partial charge in [0.15, 0.2) is 0 Å². The molecular weight excluding hydrogens is 245 g/mol. The van der Waals surface area contributed by atoms with Gasteiger partial charge in [-0.15, -0.1) is 12.1 Å². The van der Waals surface area contributed by atoms with Crippen LogP contribution >= 0.6 is 0 Å². The molecule has 1 rings (SSSR count). The van der Waals surface area contributed by atoms with E-state index in [4.69, 9.17) is 0 Å². The molecule has 75 valence electrons. The average Bonchev–Trinajstić information content (AvgIpc) is 2.16. The summed E-state index contributed by atoms with van der Waals surface area (Å²) in [6, 6.07) is 8.64. The first-order valence-electron chi connectivity index (χ1n) is 5.19. The fourth-order valence-electron chi connectivity index (χ4n) is 1.74. The Morgan fingerprint density at radius 2 is 1.71 bits per heavy atom. The Labute approximate surface area is 113 Å². The van der Waals surface area contributed by atoms with Gasteiger partial charge in [-0.2, -0.15) is 24.6 Å². The third kappa shape index (κ3) is 4.15. The molecule has 14 heavy (non-hydrogen) atoms. The first-order chi connectivity index (χ1) is 6.27. The van der Waals surface area contributed by atoms with E-state index in [9.17, 15) is 0 Å². The number of rotatable bonds is 4. The summed E-state index contributed by atoms with van der Waals surface area (Å²) < 4.78 is 0. The quantitative estimate of drug-likeness (QED) is 0.716. The van der Waals surface area contributed by atoms with Crippen LogP contribution in [-0.4, -0.2) is 0 Å². The molecule has 1 aromatic rings. The summed E-state index contributed by atoms with van der Waals surface area (Å²) in [6.07, 6.45) is 3.81. The van der Waals surface area contributed by atoms with Crippen LogP contribution in [0.4, 0.5) is 0 Å². The second-order valence-corrected chi connectivity index (χ2v) is 3.64. The summed E-state index contributed by atoms with van der Waals surface area (Å²) in [6.45, 7) is 8.40. The third-order valence-corrected chi connectivity index (χ3v) is 2.58. The maximum absolute atomic E-state index is 3.89. The normalized spacial score (nSPS) is 11.9. The summed E-state index contributed by atoms with van der Waals surface area (Å²) >= 11 is 0. The molecule has 1 atom stereocenters. The molecule has 0 aliphatic rings. The predicted octanol–water partition coefficient (Wildman–Crippen LogP) is 4.16. The maximum atomic E-state index is 3.89. The van der Waals surface area contributed by atoms with E-state index < -0.39 is 0 Å². The largest absolute Gasteiger partial charge is 0.199 e. The van der Waals surface area contributed by atoms with E-state index in [0.717, 1.165) is 11.5 Å². The molecule has 1 aromatic carbocycles. The van der Waals surface area contributed by atoms with Gasteiger partial charge in [0.25, 0.3) is 0 Å². The van der Waals surface area contributed by atoms with E-state index in [0.29, 0.717) is 0 Å². The third-order valence-electron chi connectivity index (χ3n) is 2.58. The molecule has 0 nitrogen and oxygen atoms in total. The topological polar surface area (TPSA) is 0 Å². The fraction of sp³-hybridized carbons (Fsp3) is 0.462. The van der Waals surface area contributed by atoms with Gasteiger partial charge < -0.3 is 0 Å². The van der Waals surface area contributed by atoms with Gasteiger partial charge in [-0.3, -0.25) is 0 Å². The molecule has 0 spiro atoms. The first kappa shape index (κ1) is 14.2. The van der Waals surface area contributed by atoms with Crippen molar-refractivity contribution in [2.24, 2.45) is 0 Å². The molecule has 1 unspecified atom stereocenters. The zero-order valence-corrected chi connectivity index (χ0v) is 12.1. The smallest absolute Gasteiger partial charge is 0 e. The maximum Gasteiger partial charge on any atom is 0 e. The monoisotopic (exact) mass is 264 g/mol. The van der Waals surface area contributed by atoms with Crippen LogP contribution in [0.5, 0.6) is 0 Å². The van der Waals surface area contributed by atoms with Crippen LogP contribution in [0.2, 0.25) is 0 Å². The van der Waals surface area contributed by atoms with Crippen molar-refractivity contribution in [1.82, 2.24) is 0 Å². The summed E-state index contributed by atoms with van der Waals surface area (Å²) in [5, 5.41) is 0. The Kier molecular flexibility index (Phi) is 7.58. The zero-order valence-electron chi connectivity index (χ0n) is 9.29. The van der Waals surface area contributed by atoms with Crippen molar-refractivity contribution in [3.8, 4) is 0 Å². The zero-order chi connectivity index (χ0) is 9.68. The van der Waals surface area contributed by atoms with Gasteiger partial charge in [0.1, 0.15) is 0 Å². The molecular formula is C13H19Y-. The van der Waals surface area contributed by atoms with Crippen LogP contribution in [0.3, 0.4) is 0 Å². The Balaban J connectivity index is 0.00000169. The number of hydrogen-bond acceptors (Lipinski definition) is 0. The van der Waals surface area contributed by atoms with Gasteiger partial charge in [-0.25, -0.2) is 0 Å². The van der Waals surface area contributed by atoms with E-state index in [1.807, 2.05) is 0 Å². The first-order valence-corrected chi connectivity index (χ1v) is 5.19. The van der Waals surface area contributed by atoms with Gasteiger partial charge in [0, 0.05) is 32.7 Å². The van der Waals surface area contributed by atoms with Gasteiger partial charge in [-0.1, -0.05) is 25.8 Å². The summed E-state index contributed by atoms with van der Waals surface area (Å²) in [7, 11) is 0. The van der Waals surface area contributed by atoms with Crippen LogP contribution in [0.1, 0.15) is 50.2 Å². The molecule has 0 bridgehead atoms. The van der Waals surface area contributed by atoms with Gasteiger partial charge in [-0.05, 0) is 18.8 Å². The van der Waals surface area contributed by atoms with Crippen molar-refractivity contribution in [2.45, 2.75) is 39.0 Å². The van der Waals surface area contributed by atoms with Crippen LogP contribution in [0, 0.1) is 6.92 Å². The minimum absolute atomic E-state index is 0. The Hall–Kier alpha value is 0.194. The van der Waals surface area contributed by atoms with Crippen LogP contribution < -0.4 is 0 Å². The van der Waals surface area contributed by atoms with Crippen LogP contribution in [0.25, 0.3) is 0 Å². The minimum atomic E-state index is 0. The molecule has 0 fully saturated rings. The second-order valence-electron chi connectivity index (χ2n) is 3.64. The standard InChI is InChI=1S/C13H19.Y/c1-4-6-12(5-2)13-9-7-11(3)8-10-13;/h7-10,12H,3-6H2,1-2H3;/q-1;. The van der Waals surface area contributed by atoms with Crippen molar-refractivity contribution in [1.29, 1.82) is 0 Å². The molecule has 1 heteroatoms. The Morgan fingerprint density at radius 1 is 1.14 bits per heavy atom. The van der Waals surface area contributed by atoms with E-state index in [1.54, 1.807) is 0 Å². The summed E-state index contributed by atoms with van der Waals surface area (Å²) in [4.78, 5) is 0. The van der Waals surface area contributed by atoms with Gasteiger partial charge in [0.2, 0.25) is 0 Å². The molecule has 1 radical (unpaired) electrons. The molecule has 0 aliphatic carbocycles. The Bertz CT molecular complexity index is 238. The average molecular weight is 264 g/mol. The van der Waals surface area contributed by atoms with Crippen LogP contribution in [0.15, 0.2) is 24.3 Å². The molecule has 0 saturated heterocycles. The van der Waals surface area contributed by atoms with E-state index in [1.165, 1.54) is 24.8 Å². The van der Waals surface area contributed by atoms with Gasteiger partial charge >= 0.3 is 0 Å². The second kappa shape index (κ2) is 7.48. The molecule has 0 heterocycles. The van der Waals surface area contributed by atoms with Crippen LogP contribution in [-0.2, 0) is 32.7 Å². The number of benzene rings is 1. The van der Waals surface area contributed by atoms with E-state index in [2.05, 4.69) is 45.0 Å². The van der Waals surface area contributed by atoms with E-state index >= 15 is 0 Å². The molecule has 0 aliphatic heterocycles. The van der Waals surface area contributed by atoms with Crippen molar-refractivity contribution < 1.29 is 32.7 Å². The number of hydrogen-bond donors (Lipinski definition) is 0.